The maximum absolute atomic E-state index is 12.9. The number of ether oxygens (including phenoxy) is 2. The SMILES string of the molecule is CCOc1ccc(N2C(=O)NC(=O)/C(=C\c3ccc(OC)c(I)c3)C2=O)cc1. The molecule has 0 spiro atoms. The van der Waals surface area contributed by atoms with Gasteiger partial charge in [-0.05, 0) is 77.6 Å². The first-order chi connectivity index (χ1) is 13.4. The third kappa shape index (κ3) is 4.01. The Kier molecular flexibility index (Phi) is 5.98. The Labute approximate surface area is 175 Å². The second-order valence-corrected chi connectivity index (χ2v) is 6.94. The van der Waals surface area contributed by atoms with E-state index in [1.54, 1.807) is 49.6 Å². The van der Waals surface area contributed by atoms with Crippen LogP contribution in [0.4, 0.5) is 10.5 Å². The van der Waals surface area contributed by atoms with Crippen LogP contribution in [0.1, 0.15) is 12.5 Å². The number of amides is 4. The summed E-state index contributed by atoms with van der Waals surface area (Å²) in [4.78, 5) is 38.3. The Hall–Kier alpha value is -2.88. The highest BCUT2D eigenvalue weighted by Crippen LogP contribution is 2.26. The van der Waals surface area contributed by atoms with Crippen molar-refractivity contribution in [2.24, 2.45) is 0 Å². The van der Waals surface area contributed by atoms with E-state index < -0.39 is 17.8 Å². The molecule has 2 aromatic carbocycles. The summed E-state index contributed by atoms with van der Waals surface area (Å²) >= 11 is 2.10. The van der Waals surface area contributed by atoms with Gasteiger partial charge in [-0.15, -0.1) is 0 Å². The predicted octanol–water partition coefficient (Wildman–Crippen LogP) is 3.36. The van der Waals surface area contributed by atoms with Gasteiger partial charge in [-0.25, -0.2) is 9.69 Å². The summed E-state index contributed by atoms with van der Waals surface area (Å²) in [5, 5.41) is 2.21. The van der Waals surface area contributed by atoms with Gasteiger partial charge in [0.2, 0.25) is 0 Å². The number of imide groups is 2. The maximum atomic E-state index is 12.9. The quantitative estimate of drug-likeness (QED) is 0.393. The van der Waals surface area contributed by atoms with Crippen molar-refractivity contribution in [2.75, 3.05) is 18.6 Å². The standard InChI is InChI=1S/C20H17IN2O5/c1-3-28-14-7-5-13(6-8-14)23-19(25)15(18(24)22-20(23)26)10-12-4-9-17(27-2)16(21)11-12/h4-11H,3H2,1-2H3,(H,22,24,26)/b15-10+. The number of urea groups is 1. The molecule has 8 heteroatoms. The molecule has 0 unspecified atom stereocenters. The summed E-state index contributed by atoms with van der Waals surface area (Å²) in [6, 6.07) is 11.0. The molecule has 3 rings (SSSR count). The average molecular weight is 492 g/mol. The lowest BCUT2D eigenvalue weighted by atomic mass is 10.1. The number of anilines is 1. The van der Waals surface area contributed by atoms with E-state index in [2.05, 4.69) is 27.9 Å². The minimum absolute atomic E-state index is 0.130. The van der Waals surface area contributed by atoms with Crippen molar-refractivity contribution in [3.05, 3.63) is 57.2 Å². The van der Waals surface area contributed by atoms with Gasteiger partial charge >= 0.3 is 6.03 Å². The van der Waals surface area contributed by atoms with E-state index in [9.17, 15) is 14.4 Å². The van der Waals surface area contributed by atoms with E-state index in [1.165, 1.54) is 6.08 Å². The van der Waals surface area contributed by atoms with Crippen LogP contribution < -0.4 is 19.7 Å². The molecule has 0 atom stereocenters. The molecule has 28 heavy (non-hydrogen) atoms. The van der Waals surface area contributed by atoms with Gasteiger partial charge in [-0.3, -0.25) is 14.9 Å². The van der Waals surface area contributed by atoms with Gasteiger partial charge in [-0.1, -0.05) is 6.07 Å². The molecule has 0 bridgehead atoms. The van der Waals surface area contributed by atoms with Crippen molar-refractivity contribution in [2.45, 2.75) is 6.92 Å². The first kappa shape index (κ1) is 19.9. The van der Waals surface area contributed by atoms with Crippen LogP contribution in [0.2, 0.25) is 0 Å². The van der Waals surface area contributed by atoms with Crippen molar-refractivity contribution in [1.82, 2.24) is 5.32 Å². The molecule has 0 aromatic heterocycles. The molecule has 0 radical (unpaired) electrons. The van der Waals surface area contributed by atoms with Crippen LogP contribution in [0.15, 0.2) is 48.0 Å². The summed E-state index contributed by atoms with van der Waals surface area (Å²) in [5.41, 5.74) is 0.854. The number of nitrogens with one attached hydrogen (secondary N) is 1. The zero-order chi connectivity index (χ0) is 20.3. The topological polar surface area (TPSA) is 84.9 Å². The van der Waals surface area contributed by atoms with E-state index in [0.717, 1.165) is 8.47 Å². The molecule has 1 N–H and O–H groups in total. The highest BCUT2D eigenvalue weighted by Gasteiger charge is 2.36. The number of benzene rings is 2. The summed E-state index contributed by atoms with van der Waals surface area (Å²) in [5.74, 6) is -0.115. The van der Waals surface area contributed by atoms with Crippen LogP contribution in [0.3, 0.4) is 0 Å². The largest absolute Gasteiger partial charge is 0.496 e. The Bertz CT molecular complexity index is 969. The smallest absolute Gasteiger partial charge is 0.335 e. The number of halogens is 1. The number of rotatable bonds is 5. The fourth-order valence-electron chi connectivity index (χ4n) is 2.69. The highest BCUT2D eigenvalue weighted by atomic mass is 127. The molecule has 1 saturated heterocycles. The second-order valence-electron chi connectivity index (χ2n) is 5.78. The molecule has 1 heterocycles. The number of hydrogen-bond donors (Lipinski definition) is 1. The maximum Gasteiger partial charge on any atom is 0.335 e. The normalized spacial score (nSPS) is 15.6. The number of carbonyl (C=O) groups excluding carboxylic acids is 3. The van der Waals surface area contributed by atoms with Gasteiger partial charge in [0.05, 0.1) is 23.0 Å². The van der Waals surface area contributed by atoms with Crippen LogP contribution in [0.25, 0.3) is 6.08 Å². The number of nitrogens with zero attached hydrogens (tertiary/aromatic N) is 1. The molecule has 0 aliphatic carbocycles. The predicted molar refractivity (Wildman–Crippen MR) is 112 cm³/mol. The summed E-state index contributed by atoms with van der Waals surface area (Å²) in [6.07, 6.45) is 1.45. The van der Waals surface area contributed by atoms with E-state index in [0.29, 0.717) is 29.4 Å². The van der Waals surface area contributed by atoms with Gasteiger partial charge in [0.25, 0.3) is 11.8 Å². The monoisotopic (exact) mass is 492 g/mol. The first-order valence-corrected chi connectivity index (χ1v) is 9.50. The summed E-state index contributed by atoms with van der Waals surface area (Å²) in [6.45, 7) is 2.36. The lowest BCUT2D eigenvalue weighted by molar-refractivity contribution is -0.122. The zero-order valence-electron chi connectivity index (χ0n) is 15.2. The van der Waals surface area contributed by atoms with Crippen LogP contribution >= 0.6 is 22.6 Å². The minimum atomic E-state index is -0.791. The molecule has 144 valence electrons. The van der Waals surface area contributed by atoms with Crippen LogP contribution in [0, 0.1) is 3.57 Å². The van der Waals surface area contributed by atoms with E-state index in [4.69, 9.17) is 9.47 Å². The van der Waals surface area contributed by atoms with E-state index in [1.807, 2.05) is 6.92 Å². The van der Waals surface area contributed by atoms with Gasteiger partial charge in [0, 0.05) is 0 Å². The number of methoxy groups -OCH3 is 1. The van der Waals surface area contributed by atoms with Crippen LogP contribution in [-0.4, -0.2) is 31.6 Å². The Balaban J connectivity index is 1.94. The molecule has 4 amide bonds. The molecule has 1 aliphatic heterocycles. The van der Waals surface area contributed by atoms with Crippen molar-refractivity contribution in [3.8, 4) is 11.5 Å². The fourth-order valence-corrected chi connectivity index (χ4v) is 3.45. The van der Waals surface area contributed by atoms with Crippen molar-refractivity contribution in [1.29, 1.82) is 0 Å². The number of barbiturate groups is 1. The average Bonchev–Trinajstić information content (AvgIpc) is 2.67. The van der Waals surface area contributed by atoms with E-state index >= 15 is 0 Å². The van der Waals surface area contributed by atoms with Gasteiger partial charge in [0.1, 0.15) is 17.1 Å². The molecule has 1 aliphatic rings. The molecule has 0 saturated carbocycles. The highest BCUT2D eigenvalue weighted by molar-refractivity contribution is 14.1. The lowest BCUT2D eigenvalue weighted by Gasteiger charge is -2.26. The van der Waals surface area contributed by atoms with Gasteiger partial charge in [-0.2, -0.15) is 0 Å². The second kappa shape index (κ2) is 8.42. The number of carbonyl (C=O) groups is 3. The molecule has 1 fully saturated rings. The van der Waals surface area contributed by atoms with E-state index in [-0.39, 0.29) is 5.57 Å². The van der Waals surface area contributed by atoms with Crippen molar-refractivity contribution < 1.29 is 23.9 Å². The summed E-state index contributed by atoms with van der Waals surface area (Å²) in [7, 11) is 1.56. The Morgan fingerprint density at radius 3 is 2.43 bits per heavy atom. The Morgan fingerprint density at radius 2 is 1.82 bits per heavy atom. The molecular weight excluding hydrogens is 475 g/mol. The first-order valence-electron chi connectivity index (χ1n) is 8.42. The lowest BCUT2D eigenvalue weighted by Crippen LogP contribution is -2.54. The molecule has 2 aromatic rings. The van der Waals surface area contributed by atoms with Crippen molar-refractivity contribution >= 4 is 52.2 Å². The third-order valence-corrected chi connectivity index (χ3v) is 4.84. The molecular formula is C20H17IN2O5. The zero-order valence-corrected chi connectivity index (χ0v) is 17.3. The summed E-state index contributed by atoms with van der Waals surface area (Å²) < 4.78 is 11.4. The minimum Gasteiger partial charge on any atom is -0.496 e. The van der Waals surface area contributed by atoms with Gasteiger partial charge < -0.3 is 9.47 Å². The van der Waals surface area contributed by atoms with Gasteiger partial charge in [0.15, 0.2) is 0 Å². The molecule has 7 nitrogen and oxygen atoms in total. The Morgan fingerprint density at radius 1 is 1.11 bits per heavy atom. The third-order valence-electron chi connectivity index (χ3n) is 3.99. The van der Waals surface area contributed by atoms with Crippen molar-refractivity contribution in [3.63, 3.8) is 0 Å². The van der Waals surface area contributed by atoms with Crippen LogP contribution in [-0.2, 0) is 9.59 Å². The fraction of sp³-hybridized carbons (Fsp3) is 0.150. The number of hydrogen-bond acceptors (Lipinski definition) is 5. The van der Waals surface area contributed by atoms with Crippen LogP contribution in [0.5, 0.6) is 11.5 Å².